The summed E-state index contributed by atoms with van der Waals surface area (Å²) in [7, 11) is -4.60. The molecular weight excluding hydrogens is 597 g/mol. The Morgan fingerprint density at radius 2 is 1.26 bits per heavy atom. The van der Waals surface area contributed by atoms with E-state index in [0.717, 1.165) is 24.8 Å². The predicted octanol–water partition coefficient (Wildman–Crippen LogP) is 9.84. The van der Waals surface area contributed by atoms with Gasteiger partial charge in [0.25, 0.3) is 8.32 Å². The molecule has 1 fully saturated rings. The molecule has 0 aliphatic heterocycles. The first-order valence-corrected chi connectivity index (χ1v) is 21.9. The van der Waals surface area contributed by atoms with Crippen LogP contribution >= 0.6 is 0 Å². The molecule has 0 heterocycles. The van der Waals surface area contributed by atoms with E-state index in [1.165, 1.54) is 21.5 Å². The summed E-state index contributed by atoms with van der Waals surface area (Å²) in [5, 5.41) is 2.70. The fourth-order valence-corrected chi connectivity index (χ4v) is 12.5. The van der Waals surface area contributed by atoms with Crippen LogP contribution in [0, 0.1) is 5.92 Å². The fraction of sp³-hybridized carbons (Fsp3) is 0.463. The Morgan fingerprint density at radius 3 is 1.74 bits per heavy atom. The van der Waals surface area contributed by atoms with E-state index in [1.54, 1.807) is 0 Å². The molecule has 0 amide bonds. The smallest absolute Gasteiger partial charge is 0.261 e. The van der Waals surface area contributed by atoms with Crippen molar-refractivity contribution in [1.82, 2.24) is 0 Å². The Balaban J connectivity index is 1.64. The first kappa shape index (κ1) is 36.3. The zero-order valence-corrected chi connectivity index (χ0v) is 31.9. The van der Waals surface area contributed by atoms with Crippen molar-refractivity contribution in [3.05, 3.63) is 120 Å². The van der Waals surface area contributed by atoms with Crippen molar-refractivity contribution >= 4 is 27.0 Å². The summed E-state index contributed by atoms with van der Waals surface area (Å²) in [5.41, 5.74) is 3.55. The van der Waals surface area contributed by atoms with Gasteiger partial charge in [-0.15, -0.1) is 0 Å². The zero-order valence-electron chi connectivity index (χ0n) is 29.9. The Labute approximate surface area is 282 Å². The minimum Gasteiger partial charge on any atom is -0.413 e. The van der Waals surface area contributed by atoms with E-state index < -0.39 is 16.6 Å². The van der Waals surface area contributed by atoms with Crippen LogP contribution in [0.25, 0.3) is 0 Å². The van der Waals surface area contributed by atoms with Crippen molar-refractivity contribution in [2.45, 2.75) is 110 Å². The second kappa shape index (κ2) is 15.1. The first-order valence-electron chi connectivity index (χ1n) is 17.1. The molecule has 0 saturated heterocycles. The van der Waals surface area contributed by atoms with Gasteiger partial charge in [0.05, 0.1) is 18.8 Å². The summed E-state index contributed by atoms with van der Waals surface area (Å²) in [6, 6.07) is 32.3. The second-order valence-corrected chi connectivity index (χ2v) is 24.7. The SMILES string of the molecule is C=C(C)/C(=C/[C@@H]1[C@@H](OCc2ccccc2)CC[C@@H]1O[Si](C)(C)C(C)(C)C)CCO[Si](c1ccccc1)(c1ccccc1)C(C)(C)C. The van der Waals surface area contributed by atoms with Gasteiger partial charge in [-0.25, -0.2) is 0 Å². The topological polar surface area (TPSA) is 27.7 Å². The van der Waals surface area contributed by atoms with Crippen LogP contribution in [0.3, 0.4) is 0 Å². The third kappa shape index (κ3) is 8.48. The molecular formula is C41H58O3Si2. The van der Waals surface area contributed by atoms with E-state index in [2.05, 4.69) is 165 Å². The summed E-state index contributed by atoms with van der Waals surface area (Å²) < 4.78 is 21.1. The molecule has 0 spiro atoms. The van der Waals surface area contributed by atoms with Crippen LogP contribution in [0.2, 0.25) is 23.2 Å². The quantitative estimate of drug-likeness (QED) is 0.136. The van der Waals surface area contributed by atoms with Crippen molar-refractivity contribution in [2.24, 2.45) is 5.92 Å². The Bertz CT molecular complexity index is 1380. The van der Waals surface area contributed by atoms with Gasteiger partial charge in [0.1, 0.15) is 0 Å². The Morgan fingerprint density at radius 1 is 0.761 bits per heavy atom. The average Bonchev–Trinajstić information content (AvgIpc) is 3.37. The highest BCUT2D eigenvalue weighted by atomic mass is 28.4. The Kier molecular flexibility index (Phi) is 11.9. The third-order valence-corrected chi connectivity index (χ3v) is 19.7. The van der Waals surface area contributed by atoms with Gasteiger partial charge in [0.2, 0.25) is 0 Å². The molecule has 0 aromatic heterocycles. The number of allylic oxidation sites excluding steroid dienone is 1. The van der Waals surface area contributed by atoms with Crippen molar-refractivity contribution in [3.63, 3.8) is 0 Å². The van der Waals surface area contributed by atoms with E-state index in [0.29, 0.717) is 13.2 Å². The molecule has 248 valence electrons. The molecule has 4 rings (SSSR count). The number of rotatable bonds is 13. The minimum atomic E-state index is -2.63. The van der Waals surface area contributed by atoms with E-state index in [9.17, 15) is 0 Å². The maximum Gasteiger partial charge on any atom is 0.261 e. The van der Waals surface area contributed by atoms with Gasteiger partial charge in [-0.05, 0) is 70.9 Å². The lowest BCUT2D eigenvalue weighted by atomic mass is 9.95. The molecule has 1 aliphatic rings. The molecule has 0 radical (unpaired) electrons. The number of ether oxygens (including phenoxy) is 1. The van der Waals surface area contributed by atoms with E-state index in [-0.39, 0.29) is 28.2 Å². The molecule has 3 aromatic carbocycles. The van der Waals surface area contributed by atoms with Gasteiger partial charge >= 0.3 is 0 Å². The molecule has 0 N–H and O–H groups in total. The molecule has 3 aromatic rings. The van der Waals surface area contributed by atoms with Gasteiger partial charge in [-0.3, -0.25) is 0 Å². The highest BCUT2D eigenvalue weighted by Gasteiger charge is 2.50. The number of benzene rings is 3. The van der Waals surface area contributed by atoms with Crippen LogP contribution < -0.4 is 10.4 Å². The molecule has 5 heteroatoms. The summed E-state index contributed by atoms with van der Waals surface area (Å²) in [4.78, 5) is 0. The van der Waals surface area contributed by atoms with Crippen molar-refractivity contribution in [2.75, 3.05) is 6.61 Å². The largest absolute Gasteiger partial charge is 0.413 e. The molecule has 3 atom stereocenters. The van der Waals surface area contributed by atoms with Crippen molar-refractivity contribution < 1.29 is 13.6 Å². The standard InChI is InChI=1S/C41H58O3Si2/c1-32(2)34(28-29-43-46(41(6,7)8,35-22-16-12-17-23-35)36-24-18-13-19-25-36)30-37-38(42-31-33-20-14-11-15-21-33)26-27-39(37)44-45(9,10)40(3,4)5/h11-25,30,37-39H,1,26-29,31H2,2-10H3/b34-30+/t37-,38+,39+/m1/s1. The van der Waals surface area contributed by atoms with Crippen LogP contribution in [0.1, 0.15) is 73.3 Å². The van der Waals surface area contributed by atoms with Crippen molar-refractivity contribution in [1.29, 1.82) is 0 Å². The molecule has 1 aliphatic carbocycles. The lowest BCUT2D eigenvalue weighted by Gasteiger charge is -2.43. The average molecular weight is 655 g/mol. The molecule has 46 heavy (non-hydrogen) atoms. The first-order chi connectivity index (χ1) is 21.7. The molecule has 0 bridgehead atoms. The number of hydrogen-bond acceptors (Lipinski definition) is 3. The van der Waals surface area contributed by atoms with Crippen LogP contribution in [0.4, 0.5) is 0 Å². The number of hydrogen-bond donors (Lipinski definition) is 0. The minimum absolute atomic E-state index is 0.0628. The van der Waals surface area contributed by atoms with Gasteiger partial charge in [-0.2, -0.15) is 0 Å². The lowest BCUT2D eigenvalue weighted by Crippen LogP contribution is -2.66. The van der Waals surface area contributed by atoms with E-state index >= 15 is 0 Å². The fourth-order valence-electron chi connectivity index (χ4n) is 6.58. The zero-order chi connectivity index (χ0) is 33.6. The van der Waals surface area contributed by atoms with Gasteiger partial charge in [-0.1, -0.05) is 151 Å². The normalized spacial score (nSPS) is 19.8. The highest BCUT2D eigenvalue weighted by Crippen LogP contribution is 2.43. The second-order valence-electron chi connectivity index (χ2n) is 15.6. The maximum atomic E-state index is 7.30. The van der Waals surface area contributed by atoms with Crippen LogP contribution in [0.15, 0.2) is 115 Å². The van der Waals surface area contributed by atoms with Crippen LogP contribution in [-0.2, 0) is 20.2 Å². The lowest BCUT2D eigenvalue weighted by molar-refractivity contribution is 0.0109. The van der Waals surface area contributed by atoms with Gasteiger partial charge in [0, 0.05) is 12.5 Å². The third-order valence-electron chi connectivity index (χ3n) is 10.2. The molecule has 0 unspecified atom stereocenters. The van der Waals surface area contributed by atoms with Gasteiger partial charge < -0.3 is 13.6 Å². The predicted molar refractivity (Wildman–Crippen MR) is 201 cm³/mol. The van der Waals surface area contributed by atoms with Crippen LogP contribution in [0.5, 0.6) is 0 Å². The van der Waals surface area contributed by atoms with Gasteiger partial charge in [0.15, 0.2) is 8.32 Å². The summed E-state index contributed by atoms with van der Waals surface area (Å²) in [5.74, 6) is 0.164. The monoisotopic (exact) mass is 654 g/mol. The summed E-state index contributed by atoms with van der Waals surface area (Å²) in [6.07, 6.45) is 5.48. The Hall–Kier alpha value is -2.55. The molecule has 1 saturated carbocycles. The maximum absolute atomic E-state index is 7.30. The highest BCUT2D eigenvalue weighted by molar-refractivity contribution is 6.99. The molecule has 3 nitrogen and oxygen atoms in total. The van der Waals surface area contributed by atoms with Crippen LogP contribution in [-0.4, -0.2) is 35.4 Å². The summed E-state index contributed by atoms with van der Waals surface area (Å²) >= 11 is 0. The van der Waals surface area contributed by atoms with E-state index in [4.69, 9.17) is 13.6 Å². The summed E-state index contributed by atoms with van der Waals surface area (Å²) in [6.45, 7) is 26.5. The van der Waals surface area contributed by atoms with E-state index in [1.807, 2.05) is 0 Å². The van der Waals surface area contributed by atoms with Crippen molar-refractivity contribution in [3.8, 4) is 0 Å².